The minimum absolute atomic E-state index is 0.00338. The second kappa shape index (κ2) is 6.73. The highest BCUT2D eigenvalue weighted by atomic mass is 16.3. The van der Waals surface area contributed by atoms with Gasteiger partial charge < -0.3 is 15.7 Å². The predicted octanol–water partition coefficient (Wildman–Crippen LogP) is 2.81. The first-order valence-electron chi connectivity index (χ1n) is 6.47. The topological polar surface area (TPSA) is 61.4 Å². The van der Waals surface area contributed by atoms with Gasteiger partial charge in [0, 0.05) is 12.2 Å². The Bertz CT molecular complexity index is 579. The molecular weight excluding hydrogens is 252 g/mol. The van der Waals surface area contributed by atoms with Gasteiger partial charge in [-0.3, -0.25) is 0 Å². The molecule has 0 saturated carbocycles. The van der Waals surface area contributed by atoms with Crippen molar-refractivity contribution < 1.29 is 9.90 Å². The zero-order chi connectivity index (χ0) is 14.4. The summed E-state index contributed by atoms with van der Waals surface area (Å²) in [6.07, 6.45) is 0. The molecule has 20 heavy (non-hydrogen) atoms. The zero-order valence-electron chi connectivity index (χ0n) is 11.4. The van der Waals surface area contributed by atoms with Gasteiger partial charge in [0.25, 0.3) is 0 Å². The standard InChI is InChI=1S/C16H18N2O2/c1-12-5-7-15(8-6-12)18-16(20)17-10-13-3-2-4-14(9-13)11-19/h2-9,19H,10-11H2,1H3,(H2,17,18,20). The van der Waals surface area contributed by atoms with E-state index in [-0.39, 0.29) is 12.6 Å². The fraction of sp³-hybridized carbons (Fsp3) is 0.188. The molecule has 0 unspecified atom stereocenters. The van der Waals surface area contributed by atoms with E-state index >= 15 is 0 Å². The van der Waals surface area contributed by atoms with Crippen molar-refractivity contribution in [2.75, 3.05) is 5.32 Å². The van der Waals surface area contributed by atoms with Crippen LogP contribution in [0.3, 0.4) is 0 Å². The minimum Gasteiger partial charge on any atom is -0.392 e. The maximum atomic E-state index is 11.8. The molecule has 2 rings (SSSR count). The number of amides is 2. The van der Waals surface area contributed by atoms with E-state index in [2.05, 4.69) is 10.6 Å². The van der Waals surface area contributed by atoms with Crippen LogP contribution in [0, 0.1) is 6.92 Å². The van der Waals surface area contributed by atoms with E-state index < -0.39 is 0 Å². The summed E-state index contributed by atoms with van der Waals surface area (Å²) in [7, 11) is 0. The first kappa shape index (κ1) is 14.1. The summed E-state index contributed by atoms with van der Waals surface area (Å²) < 4.78 is 0. The van der Waals surface area contributed by atoms with Gasteiger partial charge in [-0.05, 0) is 30.2 Å². The molecular formula is C16H18N2O2. The van der Waals surface area contributed by atoms with Crippen molar-refractivity contribution in [2.45, 2.75) is 20.1 Å². The molecule has 0 fully saturated rings. The first-order valence-corrected chi connectivity index (χ1v) is 6.47. The Balaban J connectivity index is 1.87. The van der Waals surface area contributed by atoms with Gasteiger partial charge in [-0.15, -0.1) is 0 Å². The number of rotatable bonds is 4. The van der Waals surface area contributed by atoms with Crippen LogP contribution >= 0.6 is 0 Å². The second-order valence-corrected chi connectivity index (χ2v) is 4.65. The summed E-state index contributed by atoms with van der Waals surface area (Å²) >= 11 is 0. The summed E-state index contributed by atoms with van der Waals surface area (Å²) in [5, 5.41) is 14.6. The average Bonchev–Trinajstić information content (AvgIpc) is 2.48. The van der Waals surface area contributed by atoms with Crippen molar-refractivity contribution in [1.82, 2.24) is 5.32 Å². The van der Waals surface area contributed by atoms with E-state index in [1.54, 1.807) is 0 Å². The minimum atomic E-state index is -0.247. The molecule has 0 heterocycles. The highest BCUT2D eigenvalue weighted by Gasteiger charge is 2.02. The van der Waals surface area contributed by atoms with Gasteiger partial charge in [0.15, 0.2) is 0 Å². The Kier molecular flexibility index (Phi) is 4.74. The third-order valence-electron chi connectivity index (χ3n) is 2.94. The maximum absolute atomic E-state index is 11.8. The van der Waals surface area contributed by atoms with Crippen LogP contribution in [0.15, 0.2) is 48.5 Å². The number of aliphatic hydroxyl groups is 1. The highest BCUT2D eigenvalue weighted by molar-refractivity contribution is 5.89. The van der Waals surface area contributed by atoms with Gasteiger partial charge in [-0.2, -0.15) is 0 Å². The summed E-state index contributed by atoms with van der Waals surface area (Å²) in [6, 6.07) is 14.8. The van der Waals surface area contributed by atoms with E-state index in [0.29, 0.717) is 6.54 Å². The lowest BCUT2D eigenvalue weighted by Crippen LogP contribution is -2.28. The zero-order valence-corrected chi connectivity index (χ0v) is 11.4. The van der Waals surface area contributed by atoms with Gasteiger partial charge >= 0.3 is 6.03 Å². The molecule has 0 aromatic heterocycles. The van der Waals surface area contributed by atoms with Crippen molar-refractivity contribution in [3.63, 3.8) is 0 Å². The SMILES string of the molecule is Cc1ccc(NC(=O)NCc2cccc(CO)c2)cc1. The smallest absolute Gasteiger partial charge is 0.319 e. The molecule has 104 valence electrons. The normalized spacial score (nSPS) is 10.1. The van der Waals surface area contributed by atoms with Crippen molar-refractivity contribution in [2.24, 2.45) is 0 Å². The van der Waals surface area contributed by atoms with Crippen LogP contribution in [0.25, 0.3) is 0 Å². The number of benzene rings is 2. The van der Waals surface area contributed by atoms with Gasteiger partial charge in [0.1, 0.15) is 0 Å². The molecule has 4 nitrogen and oxygen atoms in total. The molecule has 0 aliphatic rings. The summed E-state index contributed by atoms with van der Waals surface area (Å²) in [4.78, 5) is 11.8. The van der Waals surface area contributed by atoms with E-state index in [1.165, 1.54) is 0 Å². The number of carbonyl (C=O) groups is 1. The molecule has 0 atom stereocenters. The molecule has 2 aromatic carbocycles. The molecule has 0 radical (unpaired) electrons. The van der Waals surface area contributed by atoms with Crippen LogP contribution in [0.1, 0.15) is 16.7 Å². The third-order valence-corrected chi connectivity index (χ3v) is 2.94. The van der Waals surface area contributed by atoms with Crippen molar-refractivity contribution in [3.8, 4) is 0 Å². The number of hydrogen-bond donors (Lipinski definition) is 3. The van der Waals surface area contributed by atoms with E-state index in [9.17, 15) is 4.79 Å². The van der Waals surface area contributed by atoms with Crippen LogP contribution in [0.2, 0.25) is 0 Å². The summed E-state index contributed by atoms with van der Waals surface area (Å²) in [6.45, 7) is 2.42. The fourth-order valence-corrected chi connectivity index (χ4v) is 1.83. The van der Waals surface area contributed by atoms with Crippen molar-refractivity contribution >= 4 is 11.7 Å². The number of hydrogen-bond acceptors (Lipinski definition) is 2. The van der Waals surface area contributed by atoms with Gasteiger partial charge in [-0.1, -0.05) is 42.0 Å². The largest absolute Gasteiger partial charge is 0.392 e. The lowest BCUT2D eigenvalue weighted by Gasteiger charge is -2.08. The maximum Gasteiger partial charge on any atom is 0.319 e. The molecule has 0 aliphatic heterocycles. The summed E-state index contributed by atoms with van der Waals surface area (Å²) in [5.41, 5.74) is 3.70. The molecule has 4 heteroatoms. The fourth-order valence-electron chi connectivity index (χ4n) is 1.83. The summed E-state index contributed by atoms with van der Waals surface area (Å²) in [5.74, 6) is 0. The third kappa shape index (κ3) is 4.10. The number of aliphatic hydroxyl groups excluding tert-OH is 1. The van der Waals surface area contributed by atoms with Crippen molar-refractivity contribution in [3.05, 3.63) is 65.2 Å². The Hall–Kier alpha value is -2.33. The van der Waals surface area contributed by atoms with Crippen molar-refractivity contribution in [1.29, 1.82) is 0 Å². The second-order valence-electron chi connectivity index (χ2n) is 4.65. The number of anilines is 1. The molecule has 0 aliphatic carbocycles. The van der Waals surface area contributed by atoms with Crippen LogP contribution in [0.4, 0.5) is 10.5 Å². The van der Waals surface area contributed by atoms with E-state index in [0.717, 1.165) is 22.4 Å². The average molecular weight is 270 g/mol. The Labute approximate surface area is 118 Å². The number of carbonyl (C=O) groups excluding carboxylic acids is 1. The number of aryl methyl sites for hydroxylation is 1. The van der Waals surface area contributed by atoms with Crippen LogP contribution in [0.5, 0.6) is 0 Å². The molecule has 0 saturated heterocycles. The Morgan fingerprint density at radius 3 is 2.50 bits per heavy atom. The monoisotopic (exact) mass is 270 g/mol. The van der Waals surface area contributed by atoms with Gasteiger partial charge in [0.2, 0.25) is 0 Å². The van der Waals surface area contributed by atoms with Crippen LogP contribution < -0.4 is 10.6 Å². The van der Waals surface area contributed by atoms with E-state index in [4.69, 9.17) is 5.11 Å². The molecule has 2 aromatic rings. The molecule has 0 bridgehead atoms. The molecule has 0 spiro atoms. The molecule has 2 amide bonds. The Morgan fingerprint density at radius 1 is 1.10 bits per heavy atom. The number of urea groups is 1. The predicted molar refractivity (Wildman–Crippen MR) is 79.4 cm³/mol. The highest BCUT2D eigenvalue weighted by Crippen LogP contribution is 2.08. The lowest BCUT2D eigenvalue weighted by atomic mass is 10.1. The van der Waals surface area contributed by atoms with Crippen LogP contribution in [-0.2, 0) is 13.2 Å². The van der Waals surface area contributed by atoms with Gasteiger partial charge in [-0.25, -0.2) is 4.79 Å². The van der Waals surface area contributed by atoms with Crippen LogP contribution in [-0.4, -0.2) is 11.1 Å². The Morgan fingerprint density at radius 2 is 1.80 bits per heavy atom. The van der Waals surface area contributed by atoms with Gasteiger partial charge in [0.05, 0.1) is 6.61 Å². The molecule has 3 N–H and O–H groups in total. The van der Waals surface area contributed by atoms with E-state index in [1.807, 2.05) is 55.5 Å². The quantitative estimate of drug-likeness (QED) is 0.800. The first-order chi connectivity index (χ1) is 9.67. The number of nitrogens with one attached hydrogen (secondary N) is 2. The lowest BCUT2D eigenvalue weighted by molar-refractivity contribution is 0.251.